The molecule has 0 aliphatic heterocycles. The molecule has 1 N–H and O–H groups in total. The van der Waals surface area contributed by atoms with Crippen molar-refractivity contribution < 1.29 is 4.79 Å². The Balaban J connectivity index is 1.63. The van der Waals surface area contributed by atoms with Crippen molar-refractivity contribution in [3.8, 4) is 11.4 Å². The molecule has 3 aromatic rings. The first kappa shape index (κ1) is 15.4. The third-order valence-electron chi connectivity index (χ3n) is 4.31. The number of carbonyl (C=O) groups excluding carboxylic acids is 1. The van der Waals surface area contributed by atoms with E-state index >= 15 is 0 Å². The summed E-state index contributed by atoms with van der Waals surface area (Å²) in [7, 11) is 0. The molecule has 6 heteroatoms. The maximum Gasteiger partial charge on any atom is 0.191 e. The summed E-state index contributed by atoms with van der Waals surface area (Å²) in [6.45, 7) is 1.65. The highest BCUT2D eigenvalue weighted by Gasteiger charge is 2.30. The monoisotopic (exact) mass is 340 g/mol. The highest BCUT2D eigenvalue weighted by Crippen LogP contribution is 2.42. The third kappa shape index (κ3) is 2.98. The van der Waals surface area contributed by atoms with Crippen LogP contribution in [0, 0.1) is 0 Å². The van der Waals surface area contributed by atoms with Crippen LogP contribution >= 0.6 is 11.8 Å². The molecule has 1 fully saturated rings. The van der Waals surface area contributed by atoms with Gasteiger partial charge in [-0.3, -0.25) is 4.57 Å². The average molecular weight is 340 g/mol. The SMILES string of the molecule is CC(=O)CCCSc1nnc(-c2c[nH]c3ccccc23)n1C1CC1. The molecule has 2 heterocycles. The van der Waals surface area contributed by atoms with Gasteiger partial charge in [-0.25, -0.2) is 0 Å². The van der Waals surface area contributed by atoms with E-state index in [2.05, 4.69) is 37.9 Å². The van der Waals surface area contributed by atoms with Crippen LogP contribution in [0.3, 0.4) is 0 Å². The number of H-pyrrole nitrogens is 1. The predicted molar refractivity (Wildman–Crippen MR) is 96.2 cm³/mol. The van der Waals surface area contributed by atoms with Gasteiger partial charge in [-0.15, -0.1) is 10.2 Å². The molecule has 124 valence electrons. The number of benzene rings is 1. The maximum atomic E-state index is 11.1. The molecule has 5 nitrogen and oxygen atoms in total. The summed E-state index contributed by atoms with van der Waals surface area (Å²) in [5, 5.41) is 11.1. The summed E-state index contributed by atoms with van der Waals surface area (Å²) in [4.78, 5) is 14.4. The van der Waals surface area contributed by atoms with Crippen molar-refractivity contribution in [1.29, 1.82) is 0 Å². The fraction of sp³-hybridized carbons (Fsp3) is 0.389. The summed E-state index contributed by atoms with van der Waals surface area (Å²) >= 11 is 1.71. The number of aromatic amines is 1. The number of hydrogen-bond acceptors (Lipinski definition) is 4. The van der Waals surface area contributed by atoms with Crippen LogP contribution in [0.5, 0.6) is 0 Å². The quantitative estimate of drug-likeness (QED) is 0.516. The van der Waals surface area contributed by atoms with Gasteiger partial charge in [-0.1, -0.05) is 30.0 Å². The van der Waals surface area contributed by atoms with Crippen LogP contribution in [-0.2, 0) is 4.79 Å². The second-order valence-electron chi connectivity index (χ2n) is 6.31. The molecule has 1 aliphatic carbocycles. The Morgan fingerprint density at radius 1 is 1.33 bits per heavy atom. The van der Waals surface area contributed by atoms with E-state index in [0.29, 0.717) is 12.5 Å². The van der Waals surface area contributed by atoms with Crippen LogP contribution in [0.2, 0.25) is 0 Å². The van der Waals surface area contributed by atoms with Gasteiger partial charge in [0.05, 0.1) is 0 Å². The van der Waals surface area contributed by atoms with Crippen LogP contribution in [0.1, 0.15) is 38.6 Å². The first-order chi connectivity index (χ1) is 11.7. The fourth-order valence-corrected chi connectivity index (χ4v) is 3.91. The first-order valence-electron chi connectivity index (χ1n) is 8.37. The predicted octanol–water partition coefficient (Wildman–Crippen LogP) is 4.22. The standard InChI is InChI=1S/C18H20N4OS/c1-12(23)5-4-10-24-18-21-20-17(22(18)13-8-9-13)15-11-19-16-7-3-2-6-14(15)16/h2-3,6-7,11,13,19H,4-5,8-10H2,1H3. The molecule has 0 amide bonds. The van der Waals surface area contributed by atoms with Gasteiger partial charge in [-0.2, -0.15) is 0 Å². The summed E-state index contributed by atoms with van der Waals surface area (Å²) in [6, 6.07) is 8.79. The van der Waals surface area contributed by atoms with Crippen LogP contribution in [0.25, 0.3) is 22.3 Å². The van der Waals surface area contributed by atoms with Crippen molar-refractivity contribution in [2.45, 2.75) is 43.8 Å². The molecule has 1 aromatic carbocycles. The van der Waals surface area contributed by atoms with Gasteiger partial charge in [0.2, 0.25) is 0 Å². The highest BCUT2D eigenvalue weighted by atomic mass is 32.2. The highest BCUT2D eigenvalue weighted by molar-refractivity contribution is 7.99. The Kier molecular flexibility index (Phi) is 4.14. The number of fused-ring (bicyclic) bond motifs is 1. The zero-order valence-electron chi connectivity index (χ0n) is 13.7. The average Bonchev–Trinajstić information content (AvgIpc) is 3.19. The van der Waals surface area contributed by atoms with Crippen molar-refractivity contribution in [2.75, 3.05) is 5.75 Å². The van der Waals surface area contributed by atoms with Crippen molar-refractivity contribution in [1.82, 2.24) is 19.7 Å². The summed E-state index contributed by atoms with van der Waals surface area (Å²) in [5.74, 6) is 2.10. The Bertz CT molecular complexity index is 878. The number of Topliss-reactive ketones (excluding diaryl/α,β-unsaturated/α-hetero) is 1. The molecule has 0 spiro atoms. The topological polar surface area (TPSA) is 63.6 Å². The number of ketones is 1. The lowest BCUT2D eigenvalue weighted by atomic mass is 10.1. The molecule has 0 radical (unpaired) electrons. The lowest BCUT2D eigenvalue weighted by Gasteiger charge is -2.08. The molecular weight excluding hydrogens is 320 g/mol. The molecular formula is C18H20N4OS. The molecule has 0 atom stereocenters. The Morgan fingerprint density at radius 2 is 2.17 bits per heavy atom. The Labute approximate surface area is 144 Å². The van der Waals surface area contributed by atoms with Crippen LogP contribution in [0.4, 0.5) is 0 Å². The number of nitrogens with zero attached hydrogens (tertiary/aromatic N) is 3. The lowest BCUT2D eigenvalue weighted by Crippen LogP contribution is -2.00. The lowest BCUT2D eigenvalue weighted by molar-refractivity contribution is -0.117. The van der Waals surface area contributed by atoms with E-state index in [4.69, 9.17) is 0 Å². The smallest absolute Gasteiger partial charge is 0.191 e. The first-order valence-corrected chi connectivity index (χ1v) is 9.36. The van der Waals surface area contributed by atoms with Crippen molar-refractivity contribution in [3.05, 3.63) is 30.5 Å². The normalized spacial score (nSPS) is 14.4. The number of aromatic nitrogens is 4. The summed E-state index contributed by atoms with van der Waals surface area (Å²) in [6.07, 6.45) is 5.93. The maximum absolute atomic E-state index is 11.1. The number of carbonyl (C=O) groups is 1. The molecule has 4 rings (SSSR count). The van der Waals surface area contributed by atoms with E-state index in [9.17, 15) is 4.79 Å². The van der Waals surface area contributed by atoms with Gasteiger partial charge in [0.15, 0.2) is 11.0 Å². The van der Waals surface area contributed by atoms with Gasteiger partial charge >= 0.3 is 0 Å². The van der Waals surface area contributed by atoms with Gasteiger partial charge < -0.3 is 9.78 Å². The van der Waals surface area contributed by atoms with Crippen molar-refractivity contribution >= 4 is 28.4 Å². The van der Waals surface area contributed by atoms with Gasteiger partial charge in [-0.05, 0) is 32.3 Å². The third-order valence-corrected chi connectivity index (χ3v) is 5.34. The van der Waals surface area contributed by atoms with Crippen LogP contribution in [0.15, 0.2) is 35.6 Å². The minimum Gasteiger partial charge on any atom is -0.360 e. The fourth-order valence-electron chi connectivity index (χ4n) is 2.96. The second-order valence-corrected chi connectivity index (χ2v) is 7.37. The van der Waals surface area contributed by atoms with E-state index in [1.165, 1.54) is 18.2 Å². The van der Waals surface area contributed by atoms with Gasteiger partial charge in [0, 0.05) is 40.9 Å². The Morgan fingerprint density at radius 3 is 2.96 bits per heavy atom. The number of hydrogen-bond donors (Lipinski definition) is 1. The summed E-state index contributed by atoms with van der Waals surface area (Å²) in [5.41, 5.74) is 2.23. The minimum atomic E-state index is 0.249. The van der Waals surface area contributed by atoms with Crippen LogP contribution < -0.4 is 0 Å². The minimum absolute atomic E-state index is 0.249. The Hall–Kier alpha value is -2.08. The number of thioether (sulfide) groups is 1. The van der Waals surface area contributed by atoms with E-state index in [1.807, 2.05) is 12.3 Å². The zero-order chi connectivity index (χ0) is 16.5. The number of nitrogens with one attached hydrogen (secondary N) is 1. The van der Waals surface area contributed by atoms with E-state index in [0.717, 1.165) is 34.2 Å². The van der Waals surface area contributed by atoms with E-state index in [-0.39, 0.29) is 5.78 Å². The van der Waals surface area contributed by atoms with Crippen molar-refractivity contribution in [2.24, 2.45) is 0 Å². The molecule has 0 bridgehead atoms. The molecule has 0 unspecified atom stereocenters. The number of para-hydroxylation sites is 1. The number of rotatable bonds is 7. The molecule has 0 saturated heterocycles. The van der Waals surface area contributed by atoms with E-state index in [1.54, 1.807) is 18.7 Å². The largest absolute Gasteiger partial charge is 0.360 e. The molecule has 24 heavy (non-hydrogen) atoms. The second kappa shape index (κ2) is 6.43. The van der Waals surface area contributed by atoms with Crippen molar-refractivity contribution in [3.63, 3.8) is 0 Å². The van der Waals surface area contributed by atoms with Gasteiger partial charge in [0.1, 0.15) is 5.78 Å². The van der Waals surface area contributed by atoms with E-state index < -0.39 is 0 Å². The van der Waals surface area contributed by atoms with Gasteiger partial charge in [0.25, 0.3) is 0 Å². The molecule has 1 aliphatic rings. The zero-order valence-corrected chi connectivity index (χ0v) is 14.5. The molecule has 1 saturated carbocycles. The molecule has 2 aromatic heterocycles. The van der Waals surface area contributed by atoms with Crippen LogP contribution in [-0.4, -0.2) is 31.3 Å². The summed E-state index contributed by atoms with van der Waals surface area (Å²) < 4.78 is 2.29.